The predicted molar refractivity (Wildman–Crippen MR) is 119 cm³/mol. The van der Waals surface area contributed by atoms with Gasteiger partial charge in [0.05, 0.1) is 17.5 Å². The first-order valence-electron chi connectivity index (χ1n) is 8.90. The van der Waals surface area contributed by atoms with Crippen molar-refractivity contribution < 1.29 is 5.11 Å². The first-order valence-corrected chi connectivity index (χ1v) is 9.28. The van der Waals surface area contributed by atoms with E-state index in [1.807, 2.05) is 37.4 Å². The highest BCUT2D eigenvalue weighted by molar-refractivity contribution is 6.30. The fourth-order valence-electron chi connectivity index (χ4n) is 3.20. The molecule has 0 amide bonds. The summed E-state index contributed by atoms with van der Waals surface area (Å²) in [4.78, 5) is 6.86. The van der Waals surface area contributed by atoms with E-state index in [2.05, 4.69) is 31.9 Å². The van der Waals surface area contributed by atoms with Gasteiger partial charge in [-0.25, -0.2) is 4.98 Å². The smallest absolute Gasteiger partial charge is 0.0952 e. The molecule has 1 aromatic carbocycles. The molecule has 0 aliphatic carbocycles. The molecule has 0 spiro atoms. The lowest BCUT2D eigenvalue weighted by Crippen LogP contribution is -2.36. The number of likely N-dealkylation sites (N-methyl/N-ethyl adjacent to an activating group) is 1. The molecule has 146 valence electrons. The Balaban J connectivity index is 0.00000364. The highest BCUT2D eigenvalue weighted by Gasteiger charge is 2.26. The molecule has 1 aromatic heterocycles. The standard InChI is InChI=1S/C22H27ClN2O.CH4/c1-6-17-18(22(26)21(8-3)25(5)9-4)14-20(24-19(17)7-2)15-10-12-16(23)13-11-15;/h6-7,10-14,21-22,26H,1-2,8-9H2,3-5H3;1H4. The molecule has 1 heterocycles. The fourth-order valence-corrected chi connectivity index (χ4v) is 3.33. The van der Waals surface area contributed by atoms with Gasteiger partial charge in [0.25, 0.3) is 0 Å². The van der Waals surface area contributed by atoms with Crippen molar-refractivity contribution in [3.8, 4) is 11.3 Å². The van der Waals surface area contributed by atoms with E-state index in [0.717, 1.165) is 41.0 Å². The molecule has 2 atom stereocenters. The van der Waals surface area contributed by atoms with Gasteiger partial charge in [0, 0.05) is 22.2 Å². The van der Waals surface area contributed by atoms with Gasteiger partial charge in [0.2, 0.25) is 0 Å². The van der Waals surface area contributed by atoms with E-state index in [1.165, 1.54) is 0 Å². The summed E-state index contributed by atoms with van der Waals surface area (Å²) in [5.41, 5.74) is 4.09. The number of nitrogens with zero attached hydrogens (tertiary/aromatic N) is 2. The molecule has 0 saturated carbocycles. The molecule has 1 N–H and O–H groups in total. The lowest BCUT2D eigenvalue weighted by atomic mass is 9.92. The molecule has 4 heteroatoms. The first kappa shape index (κ1) is 23.1. The van der Waals surface area contributed by atoms with Crippen molar-refractivity contribution in [1.29, 1.82) is 0 Å². The lowest BCUT2D eigenvalue weighted by molar-refractivity contribution is 0.0628. The van der Waals surface area contributed by atoms with E-state index in [1.54, 1.807) is 12.2 Å². The van der Waals surface area contributed by atoms with Crippen LogP contribution < -0.4 is 0 Å². The number of aromatic nitrogens is 1. The molecular weight excluding hydrogens is 356 g/mol. The third-order valence-electron chi connectivity index (χ3n) is 4.82. The zero-order chi connectivity index (χ0) is 19.3. The highest BCUT2D eigenvalue weighted by atomic mass is 35.5. The normalized spacial score (nSPS) is 13.0. The number of rotatable bonds is 8. The van der Waals surface area contributed by atoms with Gasteiger partial charge in [-0.3, -0.25) is 0 Å². The molecule has 3 nitrogen and oxygen atoms in total. The second-order valence-electron chi connectivity index (χ2n) is 6.30. The quantitative estimate of drug-likeness (QED) is 0.596. The van der Waals surface area contributed by atoms with Gasteiger partial charge in [0.1, 0.15) is 0 Å². The Morgan fingerprint density at radius 1 is 1.19 bits per heavy atom. The monoisotopic (exact) mass is 386 g/mol. The van der Waals surface area contributed by atoms with Crippen LogP contribution in [0.4, 0.5) is 0 Å². The minimum absolute atomic E-state index is 0. The molecule has 0 radical (unpaired) electrons. The van der Waals surface area contributed by atoms with Crippen molar-refractivity contribution in [3.63, 3.8) is 0 Å². The Hall–Kier alpha value is -1.94. The Morgan fingerprint density at radius 2 is 1.81 bits per heavy atom. The van der Waals surface area contributed by atoms with Crippen LogP contribution in [0.15, 0.2) is 43.5 Å². The Labute approximate surface area is 169 Å². The van der Waals surface area contributed by atoms with Crippen LogP contribution in [0.2, 0.25) is 5.02 Å². The van der Waals surface area contributed by atoms with Crippen molar-refractivity contribution in [3.05, 3.63) is 65.3 Å². The van der Waals surface area contributed by atoms with Crippen molar-refractivity contribution >= 4 is 23.8 Å². The van der Waals surface area contributed by atoms with Crippen LogP contribution in [-0.4, -0.2) is 34.6 Å². The van der Waals surface area contributed by atoms with Crippen LogP contribution in [-0.2, 0) is 0 Å². The van der Waals surface area contributed by atoms with Gasteiger partial charge < -0.3 is 10.0 Å². The predicted octanol–water partition coefficient (Wildman–Crippen LogP) is 6.09. The molecular formula is C23H31ClN2O. The van der Waals surface area contributed by atoms with E-state index < -0.39 is 6.10 Å². The molecule has 0 aliphatic heterocycles. The number of hydrogen-bond acceptors (Lipinski definition) is 3. The van der Waals surface area contributed by atoms with Gasteiger partial charge in [-0.15, -0.1) is 0 Å². The Kier molecular flexibility index (Phi) is 8.91. The topological polar surface area (TPSA) is 36.4 Å². The van der Waals surface area contributed by atoms with Gasteiger partial charge in [-0.05, 0) is 49.9 Å². The molecule has 0 saturated heterocycles. The van der Waals surface area contributed by atoms with Crippen LogP contribution in [0.25, 0.3) is 23.4 Å². The maximum atomic E-state index is 11.2. The highest BCUT2D eigenvalue weighted by Crippen LogP contribution is 2.32. The average Bonchev–Trinajstić information content (AvgIpc) is 2.67. The number of halogens is 1. The summed E-state index contributed by atoms with van der Waals surface area (Å²) in [6.45, 7) is 12.8. The minimum Gasteiger partial charge on any atom is -0.387 e. The van der Waals surface area contributed by atoms with E-state index in [9.17, 15) is 5.11 Å². The summed E-state index contributed by atoms with van der Waals surface area (Å²) in [6.07, 6.45) is 3.64. The van der Waals surface area contributed by atoms with Crippen LogP contribution in [0.3, 0.4) is 0 Å². The SMILES string of the molecule is C.C=Cc1nc(-c2ccc(Cl)cc2)cc(C(O)C(CC)N(C)CC)c1C=C. The maximum Gasteiger partial charge on any atom is 0.0952 e. The Morgan fingerprint density at radius 3 is 2.30 bits per heavy atom. The lowest BCUT2D eigenvalue weighted by Gasteiger charge is -2.31. The number of hydrogen-bond donors (Lipinski definition) is 1. The van der Waals surface area contributed by atoms with Crippen LogP contribution >= 0.6 is 11.6 Å². The number of aliphatic hydroxyl groups is 1. The van der Waals surface area contributed by atoms with Gasteiger partial charge in [0.15, 0.2) is 0 Å². The van der Waals surface area contributed by atoms with E-state index >= 15 is 0 Å². The number of pyridine rings is 1. The maximum absolute atomic E-state index is 11.2. The fraction of sp³-hybridized carbons (Fsp3) is 0.348. The molecule has 2 unspecified atom stereocenters. The third kappa shape index (κ3) is 5.07. The van der Waals surface area contributed by atoms with Gasteiger partial charge in [-0.1, -0.05) is 64.2 Å². The van der Waals surface area contributed by atoms with Crippen LogP contribution in [0.1, 0.15) is 50.6 Å². The summed E-state index contributed by atoms with van der Waals surface area (Å²) >= 11 is 6.00. The minimum atomic E-state index is -0.647. The van der Waals surface area contributed by atoms with Crippen molar-refractivity contribution in [1.82, 2.24) is 9.88 Å². The van der Waals surface area contributed by atoms with Gasteiger partial charge in [-0.2, -0.15) is 0 Å². The van der Waals surface area contributed by atoms with E-state index in [0.29, 0.717) is 5.02 Å². The summed E-state index contributed by atoms with van der Waals surface area (Å²) in [7, 11) is 2.03. The average molecular weight is 387 g/mol. The number of aliphatic hydroxyl groups excluding tert-OH is 1. The molecule has 0 fully saturated rings. The van der Waals surface area contributed by atoms with E-state index in [-0.39, 0.29) is 13.5 Å². The summed E-state index contributed by atoms with van der Waals surface area (Å²) in [6, 6.07) is 9.49. The molecule has 2 aromatic rings. The summed E-state index contributed by atoms with van der Waals surface area (Å²) in [5, 5.41) is 11.8. The van der Waals surface area contributed by atoms with Crippen molar-refractivity contribution in [2.24, 2.45) is 0 Å². The summed E-state index contributed by atoms with van der Waals surface area (Å²) in [5.74, 6) is 0. The number of benzene rings is 1. The molecule has 0 aliphatic rings. The first-order chi connectivity index (χ1) is 12.5. The van der Waals surface area contributed by atoms with E-state index in [4.69, 9.17) is 16.6 Å². The van der Waals surface area contributed by atoms with Gasteiger partial charge >= 0.3 is 0 Å². The van der Waals surface area contributed by atoms with Crippen LogP contribution in [0, 0.1) is 0 Å². The molecule has 0 bridgehead atoms. The molecule has 2 rings (SSSR count). The second-order valence-corrected chi connectivity index (χ2v) is 6.74. The zero-order valence-electron chi connectivity index (χ0n) is 15.7. The Bertz CT molecular complexity index is 771. The zero-order valence-corrected chi connectivity index (χ0v) is 16.5. The molecule has 27 heavy (non-hydrogen) atoms. The van der Waals surface area contributed by atoms with Crippen molar-refractivity contribution in [2.75, 3.05) is 13.6 Å². The second kappa shape index (κ2) is 10.4. The van der Waals surface area contributed by atoms with Crippen LogP contribution in [0.5, 0.6) is 0 Å². The summed E-state index contributed by atoms with van der Waals surface area (Å²) < 4.78 is 0. The van der Waals surface area contributed by atoms with Crippen molar-refractivity contribution in [2.45, 2.75) is 39.8 Å². The third-order valence-corrected chi connectivity index (χ3v) is 5.08. The largest absolute Gasteiger partial charge is 0.387 e.